The average molecular weight is 294 g/mol. The molecule has 0 atom stereocenters. The molecule has 21 heavy (non-hydrogen) atoms. The Morgan fingerprint density at radius 2 is 1.33 bits per heavy atom. The van der Waals surface area contributed by atoms with Gasteiger partial charge in [-0.25, -0.2) is 0 Å². The van der Waals surface area contributed by atoms with Crippen LogP contribution in [0.3, 0.4) is 0 Å². The summed E-state index contributed by atoms with van der Waals surface area (Å²) in [4.78, 5) is 0. The molecule has 0 N–H and O–H groups in total. The van der Waals surface area contributed by atoms with Crippen molar-refractivity contribution in [3.8, 4) is 0 Å². The van der Waals surface area contributed by atoms with Crippen LogP contribution >= 0.6 is 7.92 Å². The molecule has 3 aromatic rings. The Labute approximate surface area is 127 Å². The second-order valence-electron chi connectivity index (χ2n) is 5.09. The Balaban J connectivity index is 1.83. The van der Waals surface area contributed by atoms with E-state index in [2.05, 4.69) is 66.7 Å². The molecule has 0 saturated heterocycles. The molecule has 0 radical (unpaired) electrons. The number of hydrogen-bond donors (Lipinski definition) is 0. The van der Waals surface area contributed by atoms with Crippen molar-refractivity contribution in [2.45, 2.75) is 13.3 Å². The minimum atomic E-state index is -0.325. The standard InChI is InChI=1S/C19H19OP/c1-16-12-13-17(20-16)14-15-21(18-8-4-2-5-9-18)19-10-6-3-7-11-19/h2-13H,14-15H2,1H3. The molecule has 0 bridgehead atoms. The maximum Gasteiger partial charge on any atom is 0.104 e. The first-order valence-electron chi connectivity index (χ1n) is 7.26. The molecule has 0 amide bonds. The lowest BCUT2D eigenvalue weighted by Gasteiger charge is -2.18. The van der Waals surface area contributed by atoms with E-state index in [0.717, 1.165) is 24.1 Å². The van der Waals surface area contributed by atoms with E-state index in [1.54, 1.807) is 0 Å². The van der Waals surface area contributed by atoms with E-state index < -0.39 is 0 Å². The molecule has 0 unspecified atom stereocenters. The van der Waals surface area contributed by atoms with Crippen LogP contribution in [0.4, 0.5) is 0 Å². The van der Waals surface area contributed by atoms with Gasteiger partial charge in [0.2, 0.25) is 0 Å². The third-order valence-corrected chi connectivity index (χ3v) is 6.03. The van der Waals surface area contributed by atoms with Crippen molar-refractivity contribution in [1.82, 2.24) is 0 Å². The van der Waals surface area contributed by atoms with E-state index in [1.807, 2.05) is 13.0 Å². The molecule has 3 rings (SSSR count). The Kier molecular flexibility index (Phi) is 4.52. The minimum Gasteiger partial charge on any atom is -0.466 e. The van der Waals surface area contributed by atoms with E-state index in [1.165, 1.54) is 10.6 Å². The van der Waals surface area contributed by atoms with Gasteiger partial charge in [0.05, 0.1) is 0 Å². The van der Waals surface area contributed by atoms with Gasteiger partial charge in [-0.1, -0.05) is 60.7 Å². The summed E-state index contributed by atoms with van der Waals surface area (Å²) in [6.45, 7) is 2.00. The molecular weight excluding hydrogens is 275 g/mol. The van der Waals surface area contributed by atoms with Crippen LogP contribution in [0.15, 0.2) is 77.2 Å². The van der Waals surface area contributed by atoms with Gasteiger partial charge < -0.3 is 4.42 Å². The normalized spacial score (nSPS) is 11.0. The highest BCUT2D eigenvalue weighted by Crippen LogP contribution is 2.34. The van der Waals surface area contributed by atoms with Crippen molar-refractivity contribution in [1.29, 1.82) is 0 Å². The number of hydrogen-bond acceptors (Lipinski definition) is 1. The Morgan fingerprint density at radius 1 is 0.762 bits per heavy atom. The molecule has 0 aliphatic carbocycles. The minimum absolute atomic E-state index is 0.325. The van der Waals surface area contributed by atoms with Crippen molar-refractivity contribution in [3.05, 3.63) is 84.3 Å². The smallest absolute Gasteiger partial charge is 0.104 e. The molecule has 0 aliphatic rings. The van der Waals surface area contributed by atoms with Crippen LogP contribution in [0.25, 0.3) is 0 Å². The lowest BCUT2D eigenvalue weighted by Crippen LogP contribution is -2.14. The molecule has 1 aromatic heterocycles. The second-order valence-corrected chi connectivity index (χ2v) is 7.42. The fourth-order valence-electron chi connectivity index (χ4n) is 2.46. The molecule has 1 heterocycles. The van der Waals surface area contributed by atoms with Gasteiger partial charge in [-0.2, -0.15) is 0 Å². The molecular formula is C19H19OP. The zero-order valence-electron chi connectivity index (χ0n) is 12.2. The quantitative estimate of drug-likeness (QED) is 0.641. The highest BCUT2D eigenvalue weighted by Gasteiger charge is 2.14. The van der Waals surface area contributed by atoms with Crippen LogP contribution in [0, 0.1) is 6.92 Å². The third-order valence-electron chi connectivity index (χ3n) is 3.51. The first kappa shape index (κ1) is 14.1. The monoisotopic (exact) mass is 294 g/mol. The molecule has 1 nitrogen and oxygen atoms in total. The van der Waals surface area contributed by atoms with E-state index in [9.17, 15) is 0 Å². The third kappa shape index (κ3) is 3.62. The van der Waals surface area contributed by atoms with Crippen LogP contribution in [-0.2, 0) is 6.42 Å². The molecule has 2 aromatic carbocycles. The van der Waals surface area contributed by atoms with Crippen molar-refractivity contribution in [2.75, 3.05) is 6.16 Å². The van der Waals surface area contributed by atoms with E-state index in [4.69, 9.17) is 4.42 Å². The lowest BCUT2D eigenvalue weighted by atomic mass is 10.3. The zero-order chi connectivity index (χ0) is 14.5. The predicted molar refractivity (Wildman–Crippen MR) is 91.1 cm³/mol. The number of benzene rings is 2. The predicted octanol–water partition coefficient (Wildman–Crippen LogP) is 4.26. The molecule has 0 aliphatic heterocycles. The maximum absolute atomic E-state index is 5.72. The van der Waals surface area contributed by atoms with Gasteiger partial charge in [0.1, 0.15) is 11.5 Å². The van der Waals surface area contributed by atoms with E-state index >= 15 is 0 Å². The van der Waals surface area contributed by atoms with E-state index in [0.29, 0.717) is 0 Å². The van der Waals surface area contributed by atoms with Gasteiger partial charge in [-0.3, -0.25) is 0 Å². The van der Waals surface area contributed by atoms with Crippen LogP contribution in [-0.4, -0.2) is 6.16 Å². The van der Waals surface area contributed by atoms with Crippen LogP contribution in [0.1, 0.15) is 11.5 Å². The Bertz CT molecular complexity index is 634. The molecule has 0 fully saturated rings. The summed E-state index contributed by atoms with van der Waals surface area (Å²) < 4.78 is 5.72. The van der Waals surface area contributed by atoms with Gasteiger partial charge in [0.25, 0.3) is 0 Å². The van der Waals surface area contributed by atoms with Gasteiger partial charge in [0.15, 0.2) is 0 Å². The summed E-state index contributed by atoms with van der Waals surface area (Å²) in [6.07, 6.45) is 2.11. The van der Waals surface area contributed by atoms with Crippen LogP contribution in [0.2, 0.25) is 0 Å². The molecule has 2 heteroatoms. The summed E-state index contributed by atoms with van der Waals surface area (Å²) >= 11 is 0. The summed E-state index contributed by atoms with van der Waals surface area (Å²) in [6, 6.07) is 25.8. The molecule has 0 saturated carbocycles. The van der Waals surface area contributed by atoms with Crippen LogP contribution in [0.5, 0.6) is 0 Å². The number of aryl methyl sites for hydroxylation is 2. The molecule has 0 spiro atoms. The van der Waals surface area contributed by atoms with Gasteiger partial charge in [-0.15, -0.1) is 0 Å². The van der Waals surface area contributed by atoms with Crippen molar-refractivity contribution in [3.63, 3.8) is 0 Å². The second kappa shape index (κ2) is 6.74. The van der Waals surface area contributed by atoms with Crippen molar-refractivity contribution >= 4 is 18.5 Å². The summed E-state index contributed by atoms with van der Waals surface area (Å²) in [7, 11) is -0.325. The highest BCUT2D eigenvalue weighted by molar-refractivity contribution is 7.73. The lowest BCUT2D eigenvalue weighted by molar-refractivity contribution is 0.489. The maximum atomic E-state index is 5.72. The molecule has 106 valence electrons. The van der Waals surface area contributed by atoms with E-state index in [-0.39, 0.29) is 7.92 Å². The topological polar surface area (TPSA) is 13.1 Å². The average Bonchev–Trinajstić information content (AvgIpc) is 2.95. The van der Waals surface area contributed by atoms with Crippen LogP contribution < -0.4 is 10.6 Å². The largest absolute Gasteiger partial charge is 0.466 e. The summed E-state index contributed by atoms with van der Waals surface area (Å²) in [5, 5.41) is 2.86. The fraction of sp³-hybridized carbons (Fsp3) is 0.158. The first-order chi connectivity index (χ1) is 10.3. The summed E-state index contributed by atoms with van der Waals surface area (Å²) in [5.41, 5.74) is 0. The zero-order valence-corrected chi connectivity index (χ0v) is 13.1. The van der Waals surface area contributed by atoms with Gasteiger partial charge >= 0.3 is 0 Å². The number of rotatable bonds is 5. The Hall–Kier alpha value is -1.85. The van der Waals surface area contributed by atoms with Gasteiger partial charge in [0, 0.05) is 6.42 Å². The SMILES string of the molecule is Cc1ccc(CCP(c2ccccc2)c2ccccc2)o1. The Morgan fingerprint density at radius 3 is 1.81 bits per heavy atom. The van der Waals surface area contributed by atoms with Gasteiger partial charge in [-0.05, 0) is 43.7 Å². The van der Waals surface area contributed by atoms with Crippen molar-refractivity contribution in [2.24, 2.45) is 0 Å². The highest BCUT2D eigenvalue weighted by atomic mass is 31.1. The summed E-state index contributed by atoms with van der Waals surface area (Å²) in [5.74, 6) is 2.08. The first-order valence-corrected chi connectivity index (χ1v) is 8.78. The fourth-order valence-corrected chi connectivity index (χ4v) is 4.79. The van der Waals surface area contributed by atoms with Crippen molar-refractivity contribution < 1.29 is 4.42 Å². The number of furan rings is 1.